The summed E-state index contributed by atoms with van der Waals surface area (Å²) in [6.07, 6.45) is 4.51. The Morgan fingerprint density at radius 1 is 1.18 bits per heavy atom. The molecule has 2 N–H and O–H groups in total. The molecule has 1 fully saturated rings. The molecule has 3 rings (SSSR count). The summed E-state index contributed by atoms with van der Waals surface area (Å²) in [6.45, 7) is 2.08. The molecule has 3 heteroatoms. The number of amides is 1. The van der Waals surface area contributed by atoms with Gasteiger partial charge in [0.25, 0.3) is 0 Å². The van der Waals surface area contributed by atoms with E-state index in [0.29, 0.717) is 6.04 Å². The van der Waals surface area contributed by atoms with Gasteiger partial charge in [0.2, 0.25) is 5.91 Å². The lowest BCUT2D eigenvalue weighted by atomic mass is 9.84. The maximum Gasteiger partial charge on any atom is 0.229 e. The Bertz CT molecular complexity index is 456. The Kier molecular flexibility index (Phi) is 2.54. The number of anilines is 2. The molecule has 3 nitrogen and oxygen atoms in total. The first-order chi connectivity index (χ1) is 8.24. The fourth-order valence-corrected chi connectivity index (χ4v) is 2.93. The normalized spacial score (nSPS) is 27.2. The van der Waals surface area contributed by atoms with Crippen molar-refractivity contribution in [1.82, 2.24) is 0 Å². The average Bonchev–Trinajstić information content (AvgIpc) is 2.46. The first kappa shape index (κ1) is 10.6. The van der Waals surface area contributed by atoms with Gasteiger partial charge >= 0.3 is 0 Å². The van der Waals surface area contributed by atoms with Crippen LogP contribution in [-0.4, -0.2) is 11.9 Å². The van der Waals surface area contributed by atoms with E-state index in [2.05, 4.69) is 23.6 Å². The largest absolute Gasteiger partial charge is 0.380 e. The van der Waals surface area contributed by atoms with Crippen molar-refractivity contribution in [3.8, 4) is 0 Å². The molecule has 1 amide bonds. The van der Waals surface area contributed by atoms with Crippen molar-refractivity contribution >= 4 is 17.3 Å². The van der Waals surface area contributed by atoms with Gasteiger partial charge in [0.05, 0.1) is 17.3 Å². The first-order valence-corrected chi connectivity index (χ1v) is 6.42. The van der Waals surface area contributed by atoms with Crippen LogP contribution in [0.2, 0.25) is 0 Å². The Morgan fingerprint density at radius 3 is 2.88 bits per heavy atom. The van der Waals surface area contributed by atoms with E-state index in [0.717, 1.165) is 24.2 Å². The highest BCUT2D eigenvalue weighted by atomic mass is 16.2. The van der Waals surface area contributed by atoms with Gasteiger partial charge < -0.3 is 10.6 Å². The number of hydrogen-bond donors (Lipinski definition) is 2. The quantitative estimate of drug-likeness (QED) is 0.719. The number of hydrogen-bond acceptors (Lipinski definition) is 2. The molecule has 0 bridgehead atoms. The molecular formula is C14H18N2O. The molecule has 2 atom stereocenters. The van der Waals surface area contributed by atoms with Crippen LogP contribution >= 0.6 is 0 Å². The lowest BCUT2D eigenvalue weighted by Crippen LogP contribution is -2.37. The molecule has 0 spiro atoms. The van der Waals surface area contributed by atoms with E-state index in [1.165, 1.54) is 18.4 Å². The lowest BCUT2D eigenvalue weighted by Gasteiger charge is -2.29. The number of benzene rings is 1. The first-order valence-electron chi connectivity index (χ1n) is 6.42. The minimum absolute atomic E-state index is 0.136. The van der Waals surface area contributed by atoms with Gasteiger partial charge in [-0.1, -0.05) is 18.9 Å². The van der Waals surface area contributed by atoms with E-state index >= 15 is 0 Å². The van der Waals surface area contributed by atoms with Crippen LogP contribution in [0.25, 0.3) is 0 Å². The van der Waals surface area contributed by atoms with Crippen molar-refractivity contribution in [1.29, 1.82) is 0 Å². The van der Waals surface area contributed by atoms with Crippen LogP contribution in [-0.2, 0) is 4.79 Å². The SMILES string of the molecule is Cc1ccc2c(c1)NC1CCCCC1C(=O)N2. The molecule has 0 radical (unpaired) electrons. The minimum atomic E-state index is 0.136. The van der Waals surface area contributed by atoms with Crippen LogP contribution in [0.15, 0.2) is 18.2 Å². The number of carbonyl (C=O) groups is 1. The smallest absolute Gasteiger partial charge is 0.229 e. The van der Waals surface area contributed by atoms with Gasteiger partial charge in [-0.05, 0) is 37.5 Å². The molecular weight excluding hydrogens is 212 g/mol. The second kappa shape index (κ2) is 4.06. The molecule has 1 aromatic rings. The van der Waals surface area contributed by atoms with Crippen LogP contribution in [0.3, 0.4) is 0 Å². The van der Waals surface area contributed by atoms with Gasteiger partial charge in [0.1, 0.15) is 0 Å². The summed E-state index contributed by atoms with van der Waals surface area (Å²) in [5, 5.41) is 6.60. The van der Waals surface area contributed by atoms with Crippen LogP contribution < -0.4 is 10.6 Å². The molecule has 2 aliphatic rings. The van der Waals surface area contributed by atoms with Crippen LogP contribution in [0, 0.1) is 12.8 Å². The van der Waals surface area contributed by atoms with E-state index in [1.54, 1.807) is 0 Å². The number of nitrogens with one attached hydrogen (secondary N) is 2. The van der Waals surface area contributed by atoms with Gasteiger partial charge in [-0.25, -0.2) is 0 Å². The number of aryl methyl sites for hydroxylation is 1. The Labute approximate surface area is 102 Å². The Hall–Kier alpha value is -1.51. The molecule has 90 valence electrons. The summed E-state index contributed by atoms with van der Waals surface area (Å²) in [5.74, 6) is 0.321. The molecule has 1 aliphatic carbocycles. The van der Waals surface area contributed by atoms with Crippen molar-refractivity contribution in [3.63, 3.8) is 0 Å². The highest BCUT2D eigenvalue weighted by molar-refractivity contribution is 5.98. The monoisotopic (exact) mass is 230 g/mol. The molecule has 0 aromatic heterocycles. The number of carbonyl (C=O) groups excluding carboxylic acids is 1. The molecule has 17 heavy (non-hydrogen) atoms. The third-order valence-electron chi connectivity index (χ3n) is 3.88. The summed E-state index contributed by atoms with van der Waals surface area (Å²) < 4.78 is 0. The fraction of sp³-hybridized carbons (Fsp3) is 0.500. The van der Waals surface area contributed by atoms with Crippen molar-refractivity contribution in [2.45, 2.75) is 38.6 Å². The lowest BCUT2D eigenvalue weighted by molar-refractivity contribution is -0.120. The zero-order valence-electron chi connectivity index (χ0n) is 10.1. The predicted octanol–water partition coefficient (Wildman–Crippen LogP) is 2.92. The van der Waals surface area contributed by atoms with E-state index in [9.17, 15) is 4.79 Å². The Balaban J connectivity index is 1.98. The standard InChI is InChI=1S/C14H18N2O/c1-9-6-7-12-13(8-9)15-11-5-3-2-4-10(11)14(17)16-12/h6-8,10-11,15H,2-5H2,1H3,(H,16,17). The van der Waals surface area contributed by atoms with E-state index in [1.807, 2.05) is 12.1 Å². The maximum atomic E-state index is 12.1. The van der Waals surface area contributed by atoms with Gasteiger partial charge in [-0.3, -0.25) is 4.79 Å². The average molecular weight is 230 g/mol. The zero-order chi connectivity index (χ0) is 11.8. The third kappa shape index (κ3) is 1.90. The van der Waals surface area contributed by atoms with Crippen LogP contribution in [0.5, 0.6) is 0 Å². The summed E-state index contributed by atoms with van der Waals surface area (Å²) >= 11 is 0. The molecule has 1 heterocycles. The molecule has 2 unspecified atom stereocenters. The Morgan fingerprint density at radius 2 is 2.00 bits per heavy atom. The van der Waals surface area contributed by atoms with Gasteiger partial charge in [-0.2, -0.15) is 0 Å². The molecule has 1 aliphatic heterocycles. The summed E-state index contributed by atoms with van der Waals surface area (Å²) in [7, 11) is 0. The number of rotatable bonds is 0. The maximum absolute atomic E-state index is 12.1. The number of fused-ring (bicyclic) bond motifs is 2. The van der Waals surface area contributed by atoms with Crippen LogP contribution in [0.1, 0.15) is 31.2 Å². The van der Waals surface area contributed by atoms with Crippen LogP contribution in [0.4, 0.5) is 11.4 Å². The summed E-state index contributed by atoms with van der Waals surface area (Å²) in [4.78, 5) is 12.1. The second-order valence-electron chi connectivity index (χ2n) is 5.18. The minimum Gasteiger partial charge on any atom is -0.380 e. The van der Waals surface area contributed by atoms with Crippen molar-refractivity contribution in [2.24, 2.45) is 5.92 Å². The zero-order valence-corrected chi connectivity index (χ0v) is 10.1. The van der Waals surface area contributed by atoms with Crippen molar-refractivity contribution in [3.05, 3.63) is 23.8 Å². The highest BCUT2D eigenvalue weighted by Crippen LogP contribution is 2.34. The van der Waals surface area contributed by atoms with E-state index in [4.69, 9.17) is 0 Å². The van der Waals surface area contributed by atoms with E-state index < -0.39 is 0 Å². The van der Waals surface area contributed by atoms with E-state index in [-0.39, 0.29) is 11.8 Å². The van der Waals surface area contributed by atoms with Gasteiger partial charge in [0.15, 0.2) is 0 Å². The summed E-state index contributed by atoms with van der Waals surface area (Å²) in [6, 6.07) is 6.46. The third-order valence-corrected chi connectivity index (χ3v) is 3.88. The second-order valence-corrected chi connectivity index (χ2v) is 5.18. The highest BCUT2D eigenvalue weighted by Gasteiger charge is 2.33. The molecule has 1 aromatic carbocycles. The van der Waals surface area contributed by atoms with Crippen molar-refractivity contribution < 1.29 is 4.79 Å². The molecule has 0 saturated heterocycles. The van der Waals surface area contributed by atoms with Gasteiger partial charge in [0, 0.05) is 6.04 Å². The van der Waals surface area contributed by atoms with Gasteiger partial charge in [-0.15, -0.1) is 0 Å². The predicted molar refractivity (Wildman–Crippen MR) is 69.2 cm³/mol. The topological polar surface area (TPSA) is 41.1 Å². The fourth-order valence-electron chi connectivity index (χ4n) is 2.93. The van der Waals surface area contributed by atoms with Crippen molar-refractivity contribution in [2.75, 3.05) is 10.6 Å². The summed E-state index contributed by atoms with van der Waals surface area (Å²) in [5.41, 5.74) is 3.22. The molecule has 1 saturated carbocycles.